The fourth-order valence-electron chi connectivity index (χ4n) is 1.39. The van der Waals surface area contributed by atoms with Gasteiger partial charge < -0.3 is 10.3 Å². The molecule has 0 saturated carbocycles. The van der Waals surface area contributed by atoms with Crippen molar-refractivity contribution in [2.24, 2.45) is 0 Å². The Bertz CT molecular complexity index is 656. The van der Waals surface area contributed by atoms with Gasteiger partial charge in [-0.2, -0.15) is 0 Å². The number of nitrogens with one attached hydrogen (secondary N) is 2. The van der Waals surface area contributed by atoms with E-state index < -0.39 is 10.8 Å². The zero-order valence-corrected chi connectivity index (χ0v) is 11.7. The molecular weight excluding hydrogens is 337 g/mol. The molecule has 2 N–H and O–H groups in total. The molecule has 0 aliphatic rings. The van der Waals surface area contributed by atoms with Crippen LogP contribution in [0.5, 0.6) is 0 Å². The van der Waals surface area contributed by atoms with Crippen molar-refractivity contribution < 1.29 is 9.72 Å². The van der Waals surface area contributed by atoms with Crippen LogP contribution in [0.4, 0.5) is 11.4 Å². The van der Waals surface area contributed by atoms with Crippen molar-refractivity contribution in [1.29, 1.82) is 0 Å². The molecule has 1 heterocycles. The number of H-pyrrole nitrogens is 1. The molecule has 0 atom stereocenters. The summed E-state index contributed by atoms with van der Waals surface area (Å²) in [5, 5.41) is 13.5. The number of nitrogens with zero attached hydrogens (tertiary/aromatic N) is 1. The topological polar surface area (TPSA) is 88.0 Å². The molecule has 1 aromatic heterocycles. The highest BCUT2D eigenvalue weighted by Crippen LogP contribution is 2.25. The molecule has 1 aromatic carbocycles. The average Bonchev–Trinajstić information content (AvgIpc) is 2.83. The normalized spacial score (nSPS) is 10.2. The van der Waals surface area contributed by atoms with Gasteiger partial charge in [-0.3, -0.25) is 14.9 Å². The van der Waals surface area contributed by atoms with Crippen LogP contribution in [-0.4, -0.2) is 15.8 Å². The van der Waals surface area contributed by atoms with Gasteiger partial charge in [0, 0.05) is 16.2 Å². The van der Waals surface area contributed by atoms with E-state index in [0.29, 0.717) is 15.2 Å². The molecule has 6 nitrogen and oxygen atoms in total. The molecular formula is C11H7BrClN3O3. The second-order valence-electron chi connectivity index (χ2n) is 3.61. The number of amides is 1. The van der Waals surface area contributed by atoms with Gasteiger partial charge in [0.15, 0.2) is 0 Å². The number of nitro groups is 1. The summed E-state index contributed by atoms with van der Waals surface area (Å²) in [7, 11) is 0. The molecule has 0 bridgehead atoms. The van der Waals surface area contributed by atoms with Gasteiger partial charge in [-0.1, -0.05) is 11.6 Å². The van der Waals surface area contributed by atoms with Crippen LogP contribution in [-0.2, 0) is 0 Å². The van der Waals surface area contributed by atoms with Crippen molar-refractivity contribution in [3.8, 4) is 0 Å². The number of aromatic amines is 1. The Morgan fingerprint density at radius 2 is 2.16 bits per heavy atom. The first kappa shape index (κ1) is 13.6. The number of benzene rings is 1. The summed E-state index contributed by atoms with van der Waals surface area (Å²) in [6.45, 7) is 0. The van der Waals surface area contributed by atoms with Crippen LogP contribution in [0.15, 0.2) is 34.9 Å². The SMILES string of the molecule is O=C(Nc1ccc(Br)c(Cl)c1)c1cc([N+](=O)[O-])c[nH]1. The van der Waals surface area contributed by atoms with Gasteiger partial charge in [-0.05, 0) is 34.1 Å². The van der Waals surface area contributed by atoms with E-state index in [1.807, 2.05) is 0 Å². The zero-order chi connectivity index (χ0) is 14.0. The molecule has 0 aliphatic heterocycles. The fraction of sp³-hybridized carbons (Fsp3) is 0. The van der Waals surface area contributed by atoms with E-state index >= 15 is 0 Å². The molecule has 1 amide bonds. The van der Waals surface area contributed by atoms with E-state index in [2.05, 4.69) is 26.2 Å². The van der Waals surface area contributed by atoms with Crippen molar-refractivity contribution in [3.05, 3.63) is 55.8 Å². The number of carbonyl (C=O) groups excluding carboxylic acids is 1. The van der Waals surface area contributed by atoms with E-state index in [1.165, 1.54) is 0 Å². The summed E-state index contributed by atoms with van der Waals surface area (Å²) in [5.74, 6) is -0.480. The first-order chi connectivity index (χ1) is 8.97. The molecule has 0 unspecified atom stereocenters. The Morgan fingerprint density at radius 1 is 1.42 bits per heavy atom. The van der Waals surface area contributed by atoms with Gasteiger partial charge in [0.05, 0.1) is 16.1 Å². The highest BCUT2D eigenvalue weighted by atomic mass is 79.9. The maximum Gasteiger partial charge on any atom is 0.287 e. The van der Waals surface area contributed by atoms with Crippen LogP contribution in [0.25, 0.3) is 0 Å². The number of halogens is 2. The summed E-state index contributed by atoms with van der Waals surface area (Å²) >= 11 is 9.13. The minimum atomic E-state index is -0.580. The number of carbonyl (C=O) groups is 1. The van der Waals surface area contributed by atoms with Crippen LogP contribution in [0.1, 0.15) is 10.5 Å². The Labute approximate surface area is 121 Å². The molecule has 0 radical (unpaired) electrons. The third kappa shape index (κ3) is 3.12. The smallest absolute Gasteiger partial charge is 0.287 e. The molecule has 8 heteroatoms. The molecule has 2 rings (SSSR count). The van der Waals surface area contributed by atoms with E-state index in [-0.39, 0.29) is 11.4 Å². The Hall–Kier alpha value is -1.86. The molecule has 19 heavy (non-hydrogen) atoms. The second kappa shape index (κ2) is 5.41. The monoisotopic (exact) mass is 343 g/mol. The lowest BCUT2D eigenvalue weighted by Crippen LogP contribution is -2.12. The van der Waals surface area contributed by atoms with Gasteiger partial charge in [-0.25, -0.2) is 0 Å². The van der Waals surface area contributed by atoms with Gasteiger partial charge in [-0.15, -0.1) is 0 Å². The van der Waals surface area contributed by atoms with Crippen LogP contribution in [0.3, 0.4) is 0 Å². The average molecular weight is 345 g/mol. The Balaban J connectivity index is 2.15. The molecule has 98 valence electrons. The van der Waals surface area contributed by atoms with E-state index in [1.54, 1.807) is 18.2 Å². The summed E-state index contributed by atoms with van der Waals surface area (Å²) in [5.41, 5.74) is 0.431. The quantitative estimate of drug-likeness (QED) is 0.659. The largest absolute Gasteiger partial charge is 0.351 e. The third-order valence-electron chi connectivity index (χ3n) is 2.30. The fourth-order valence-corrected chi connectivity index (χ4v) is 1.82. The number of hydrogen-bond acceptors (Lipinski definition) is 3. The van der Waals surface area contributed by atoms with Crippen molar-refractivity contribution >= 4 is 44.8 Å². The minimum Gasteiger partial charge on any atom is -0.351 e. The molecule has 2 aromatic rings. The lowest BCUT2D eigenvalue weighted by Gasteiger charge is -2.04. The first-order valence-corrected chi connectivity index (χ1v) is 6.23. The number of rotatable bonds is 3. The summed E-state index contributed by atoms with van der Waals surface area (Å²) in [6.07, 6.45) is 1.16. The lowest BCUT2D eigenvalue weighted by molar-refractivity contribution is -0.384. The van der Waals surface area contributed by atoms with Gasteiger partial charge >= 0.3 is 0 Å². The summed E-state index contributed by atoms with van der Waals surface area (Å²) < 4.78 is 0.711. The van der Waals surface area contributed by atoms with Crippen molar-refractivity contribution in [3.63, 3.8) is 0 Å². The minimum absolute atomic E-state index is 0.103. The molecule has 0 spiro atoms. The number of aromatic nitrogens is 1. The lowest BCUT2D eigenvalue weighted by atomic mass is 10.3. The van der Waals surface area contributed by atoms with Crippen LogP contribution >= 0.6 is 27.5 Å². The summed E-state index contributed by atoms with van der Waals surface area (Å²) in [4.78, 5) is 24.3. The van der Waals surface area contributed by atoms with Gasteiger partial charge in [0.25, 0.3) is 11.6 Å². The molecule has 0 fully saturated rings. The van der Waals surface area contributed by atoms with E-state index in [4.69, 9.17) is 11.6 Å². The molecule has 0 saturated heterocycles. The van der Waals surface area contributed by atoms with Crippen LogP contribution in [0, 0.1) is 10.1 Å². The van der Waals surface area contributed by atoms with Crippen LogP contribution < -0.4 is 5.32 Å². The summed E-state index contributed by atoms with van der Waals surface area (Å²) in [6, 6.07) is 6.08. The third-order valence-corrected chi connectivity index (χ3v) is 3.53. The highest BCUT2D eigenvalue weighted by molar-refractivity contribution is 9.10. The Kier molecular flexibility index (Phi) is 3.87. The van der Waals surface area contributed by atoms with Crippen molar-refractivity contribution in [1.82, 2.24) is 4.98 Å². The van der Waals surface area contributed by atoms with E-state index in [0.717, 1.165) is 12.3 Å². The van der Waals surface area contributed by atoms with Crippen molar-refractivity contribution in [2.45, 2.75) is 0 Å². The first-order valence-electron chi connectivity index (χ1n) is 5.06. The zero-order valence-electron chi connectivity index (χ0n) is 9.31. The van der Waals surface area contributed by atoms with E-state index in [9.17, 15) is 14.9 Å². The van der Waals surface area contributed by atoms with Gasteiger partial charge in [0.2, 0.25) is 0 Å². The van der Waals surface area contributed by atoms with Crippen LogP contribution in [0.2, 0.25) is 5.02 Å². The molecule has 0 aliphatic carbocycles. The Morgan fingerprint density at radius 3 is 2.74 bits per heavy atom. The number of hydrogen-bond donors (Lipinski definition) is 2. The van der Waals surface area contributed by atoms with Gasteiger partial charge in [0.1, 0.15) is 5.69 Å². The predicted molar refractivity (Wildman–Crippen MR) is 74.6 cm³/mol. The predicted octanol–water partition coefficient (Wildman–Crippen LogP) is 3.59. The highest BCUT2D eigenvalue weighted by Gasteiger charge is 2.14. The maximum atomic E-state index is 11.8. The maximum absolute atomic E-state index is 11.8. The van der Waals surface area contributed by atoms with Crippen molar-refractivity contribution in [2.75, 3.05) is 5.32 Å². The standard InChI is InChI=1S/C11H7BrClN3O3/c12-8-2-1-6(3-9(8)13)15-11(17)10-4-7(5-14-10)16(18)19/h1-5,14H,(H,15,17). The second-order valence-corrected chi connectivity index (χ2v) is 4.87. The number of anilines is 1.